The number of hydrogen-bond acceptors (Lipinski definition) is 4. The van der Waals surface area contributed by atoms with Gasteiger partial charge in [-0.1, -0.05) is 24.3 Å². The first-order valence-corrected chi connectivity index (χ1v) is 8.83. The van der Waals surface area contributed by atoms with E-state index in [1.807, 2.05) is 30.6 Å². The Morgan fingerprint density at radius 3 is 3.00 bits per heavy atom. The summed E-state index contributed by atoms with van der Waals surface area (Å²) in [4.78, 5) is 17.7. The van der Waals surface area contributed by atoms with E-state index in [4.69, 9.17) is 5.11 Å². The Labute approximate surface area is 152 Å². The molecule has 2 aromatic carbocycles. The molecular formula is C21H21N3O2. The van der Waals surface area contributed by atoms with E-state index in [2.05, 4.69) is 33.4 Å². The number of pyridine rings is 1. The van der Waals surface area contributed by atoms with Gasteiger partial charge in [0.25, 0.3) is 0 Å². The topological polar surface area (TPSA) is 65.5 Å². The predicted molar refractivity (Wildman–Crippen MR) is 102 cm³/mol. The molecule has 0 bridgehead atoms. The molecule has 1 atom stereocenters. The average Bonchev–Trinajstić information content (AvgIpc) is 3.09. The minimum atomic E-state index is -0.877. The second kappa shape index (κ2) is 7.14. The van der Waals surface area contributed by atoms with Gasteiger partial charge in [-0.3, -0.25) is 9.88 Å². The van der Waals surface area contributed by atoms with Crippen LogP contribution in [0.25, 0.3) is 10.8 Å². The van der Waals surface area contributed by atoms with Crippen LogP contribution in [0.5, 0.6) is 0 Å². The number of aromatic carboxylic acids is 1. The first kappa shape index (κ1) is 16.5. The lowest BCUT2D eigenvalue weighted by Crippen LogP contribution is -2.26. The molecule has 0 saturated carbocycles. The Morgan fingerprint density at radius 2 is 2.12 bits per heavy atom. The van der Waals surface area contributed by atoms with Gasteiger partial charge >= 0.3 is 5.97 Å². The summed E-state index contributed by atoms with van der Waals surface area (Å²) in [6, 6.07) is 15.9. The summed E-state index contributed by atoms with van der Waals surface area (Å²) in [5.41, 5.74) is 2.53. The van der Waals surface area contributed by atoms with E-state index >= 15 is 0 Å². The number of likely N-dealkylation sites (tertiary alicyclic amines) is 1. The number of benzene rings is 2. The molecule has 5 nitrogen and oxygen atoms in total. The van der Waals surface area contributed by atoms with Crippen molar-refractivity contribution in [3.05, 3.63) is 72.1 Å². The van der Waals surface area contributed by atoms with Gasteiger partial charge in [0.15, 0.2) is 0 Å². The van der Waals surface area contributed by atoms with Crippen LogP contribution in [0.1, 0.15) is 22.3 Å². The summed E-state index contributed by atoms with van der Waals surface area (Å²) in [5.74, 6) is -0.877. The third-order valence-electron chi connectivity index (χ3n) is 4.89. The van der Waals surface area contributed by atoms with Crippen LogP contribution in [0.15, 0.2) is 60.9 Å². The molecule has 0 amide bonds. The van der Waals surface area contributed by atoms with Crippen molar-refractivity contribution >= 4 is 22.4 Å². The van der Waals surface area contributed by atoms with E-state index in [0.717, 1.165) is 42.7 Å². The number of nitrogens with zero attached hydrogens (tertiary/aromatic N) is 2. The molecule has 1 unspecified atom stereocenters. The highest BCUT2D eigenvalue weighted by Gasteiger charge is 2.23. The minimum absolute atomic E-state index is 0.348. The van der Waals surface area contributed by atoms with Crippen LogP contribution in [0.4, 0.5) is 5.69 Å². The van der Waals surface area contributed by atoms with Gasteiger partial charge in [0.1, 0.15) is 0 Å². The van der Waals surface area contributed by atoms with Crippen LogP contribution in [-0.2, 0) is 6.54 Å². The molecule has 0 spiro atoms. The highest BCUT2D eigenvalue weighted by atomic mass is 16.4. The molecule has 2 N–H and O–H groups in total. The molecule has 1 saturated heterocycles. The van der Waals surface area contributed by atoms with Crippen LogP contribution in [0.2, 0.25) is 0 Å². The number of carbonyl (C=O) groups is 1. The number of rotatable bonds is 5. The fraction of sp³-hybridized carbons (Fsp3) is 0.238. The van der Waals surface area contributed by atoms with Gasteiger partial charge in [-0.15, -0.1) is 0 Å². The van der Waals surface area contributed by atoms with Gasteiger partial charge < -0.3 is 10.4 Å². The van der Waals surface area contributed by atoms with E-state index < -0.39 is 5.97 Å². The molecule has 3 aromatic rings. The molecule has 1 fully saturated rings. The van der Waals surface area contributed by atoms with Crippen molar-refractivity contribution in [3.63, 3.8) is 0 Å². The third kappa shape index (κ3) is 3.53. The normalized spacial score (nSPS) is 17.5. The van der Waals surface area contributed by atoms with Crippen LogP contribution < -0.4 is 5.32 Å². The van der Waals surface area contributed by atoms with Gasteiger partial charge in [-0.05, 0) is 36.2 Å². The molecule has 0 radical (unpaired) electrons. The number of aromatic nitrogens is 1. The molecule has 26 heavy (non-hydrogen) atoms. The summed E-state index contributed by atoms with van der Waals surface area (Å²) >= 11 is 0. The largest absolute Gasteiger partial charge is 0.478 e. The van der Waals surface area contributed by atoms with Crippen LogP contribution >= 0.6 is 0 Å². The molecule has 1 aliphatic heterocycles. The van der Waals surface area contributed by atoms with Crippen LogP contribution in [0, 0.1) is 0 Å². The number of fused-ring (bicyclic) bond motifs is 1. The van der Waals surface area contributed by atoms with E-state index in [9.17, 15) is 4.79 Å². The summed E-state index contributed by atoms with van der Waals surface area (Å²) in [7, 11) is 0. The standard InChI is InChI=1S/C21H21N3O2/c25-21(26)16-4-1-3-15(11-16)13-24-10-8-18(14-24)23-20-6-2-5-17-12-22-9-7-19(17)20/h1-7,9,11-12,18,23H,8,10,13-14H2,(H,25,26). The molecule has 4 rings (SSSR count). The fourth-order valence-corrected chi connectivity index (χ4v) is 3.62. The van der Waals surface area contributed by atoms with Gasteiger partial charge in [-0.25, -0.2) is 4.79 Å². The van der Waals surface area contributed by atoms with Crippen LogP contribution in [-0.4, -0.2) is 40.1 Å². The van der Waals surface area contributed by atoms with Gasteiger partial charge in [0.05, 0.1) is 5.56 Å². The number of carboxylic acid groups (broad SMARTS) is 1. The Balaban J connectivity index is 1.42. The second-order valence-electron chi connectivity index (χ2n) is 6.77. The van der Waals surface area contributed by atoms with Crippen molar-refractivity contribution in [2.75, 3.05) is 18.4 Å². The van der Waals surface area contributed by atoms with Gasteiger partial charge in [0, 0.05) is 54.5 Å². The maximum atomic E-state index is 11.1. The van der Waals surface area contributed by atoms with Crippen molar-refractivity contribution in [1.82, 2.24) is 9.88 Å². The van der Waals surface area contributed by atoms with E-state index in [-0.39, 0.29) is 0 Å². The third-order valence-corrected chi connectivity index (χ3v) is 4.89. The Kier molecular flexibility index (Phi) is 4.54. The SMILES string of the molecule is O=C(O)c1cccc(CN2CCC(Nc3cccc4cnccc34)C2)c1. The Bertz CT molecular complexity index is 936. The quantitative estimate of drug-likeness (QED) is 0.738. The summed E-state index contributed by atoms with van der Waals surface area (Å²) in [5, 5.41) is 15.1. The molecule has 1 aromatic heterocycles. The highest BCUT2D eigenvalue weighted by Crippen LogP contribution is 2.25. The smallest absolute Gasteiger partial charge is 0.335 e. The fourth-order valence-electron chi connectivity index (χ4n) is 3.62. The Hall–Kier alpha value is -2.92. The summed E-state index contributed by atoms with van der Waals surface area (Å²) < 4.78 is 0. The number of nitrogens with one attached hydrogen (secondary N) is 1. The second-order valence-corrected chi connectivity index (χ2v) is 6.77. The van der Waals surface area contributed by atoms with Crippen LogP contribution in [0.3, 0.4) is 0 Å². The molecular weight excluding hydrogens is 326 g/mol. The van der Waals surface area contributed by atoms with E-state index in [0.29, 0.717) is 11.6 Å². The Morgan fingerprint density at radius 1 is 1.23 bits per heavy atom. The van der Waals surface area contributed by atoms with E-state index in [1.54, 1.807) is 12.1 Å². The van der Waals surface area contributed by atoms with E-state index in [1.165, 1.54) is 5.39 Å². The molecule has 2 heterocycles. The van der Waals surface area contributed by atoms with Crippen molar-refractivity contribution in [3.8, 4) is 0 Å². The molecule has 5 heteroatoms. The zero-order valence-electron chi connectivity index (χ0n) is 14.4. The first-order chi connectivity index (χ1) is 12.7. The van der Waals surface area contributed by atoms with Gasteiger partial charge in [0.2, 0.25) is 0 Å². The van der Waals surface area contributed by atoms with Crippen molar-refractivity contribution in [2.45, 2.75) is 19.0 Å². The first-order valence-electron chi connectivity index (χ1n) is 8.83. The monoisotopic (exact) mass is 347 g/mol. The molecule has 132 valence electrons. The van der Waals surface area contributed by atoms with Crippen molar-refractivity contribution in [2.24, 2.45) is 0 Å². The summed E-state index contributed by atoms with van der Waals surface area (Å²) in [6.45, 7) is 2.72. The number of anilines is 1. The maximum absolute atomic E-state index is 11.1. The van der Waals surface area contributed by atoms with Crippen molar-refractivity contribution < 1.29 is 9.90 Å². The summed E-state index contributed by atoms with van der Waals surface area (Å²) in [6.07, 6.45) is 4.78. The maximum Gasteiger partial charge on any atom is 0.335 e. The zero-order chi connectivity index (χ0) is 17.9. The minimum Gasteiger partial charge on any atom is -0.478 e. The zero-order valence-corrected chi connectivity index (χ0v) is 14.4. The lowest BCUT2D eigenvalue weighted by molar-refractivity contribution is 0.0696. The lowest BCUT2D eigenvalue weighted by Gasteiger charge is -2.18. The molecule has 1 aliphatic rings. The number of hydrogen-bond donors (Lipinski definition) is 2. The lowest BCUT2D eigenvalue weighted by atomic mass is 10.1. The molecule has 0 aliphatic carbocycles. The van der Waals surface area contributed by atoms with Gasteiger partial charge in [-0.2, -0.15) is 0 Å². The number of carboxylic acids is 1. The predicted octanol–water partition coefficient (Wildman–Crippen LogP) is 3.62. The highest BCUT2D eigenvalue weighted by molar-refractivity contribution is 5.93. The van der Waals surface area contributed by atoms with Crippen molar-refractivity contribution in [1.29, 1.82) is 0 Å². The average molecular weight is 347 g/mol.